The number of hydrogen-bond acceptors (Lipinski definition) is 4. The molecule has 0 aliphatic carbocycles. The molecule has 1 amide bonds. The number of nitrogens with one attached hydrogen (secondary N) is 1. The van der Waals surface area contributed by atoms with Gasteiger partial charge in [-0.25, -0.2) is 0 Å². The summed E-state index contributed by atoms with van der Waals surface area (Å²) in [5, 5.41) is 2.98. The van der Waals surface area contributed by atoms with Crippen molar-refractivity contribution in [3.05, 3.63) is 35.4 Å². The monoisotopic (exact) mass is 321 g/mol. The summed E-state index contributed by atoms with van der Waals surface area (Å²) in [6, 6.07) is 7.80. The lowest BCUT2D eigenvalue weighted by Crippen LogP contribution is -2.42. The molecule has 5 heteroatoms. The molecule has 1 aromatic carbocycles. The Balaban J connectivity index is 2.41. The average molecular weight is 321 g/mol. The van der Waals surface area contributed by atoms with E-state index < -0.39 is 0 Å². The van der Waals surface area contributed by atoms with Crippen LogP contribution in [0.5, 0.6) is 0 Å². The summed E-state index contributed by atoms with van der Waals surface area (Å²) in [5.74, 6) is 0.0108. The third-order valence-electron chi connectivity index (χ3n) is 3.73. The lowest BCUT2D eigenvalue weighted by Gasteiger charge is -2.31. The topological polar surface area (TPSA) is 90.4 Å². The Bertz CT molecular complexity index is 495. The molecule has 0 fully saturated rings. The normalized spacial score (nSPS) is 12.3. The summed E-state index contributed by atoms with van der Waals surface area (Å²) >= 11 is 0. The Labute approximate surface area is 139 Å². The van der Waals surface area contributed by atoms with Crippen molar-refractivity contribution in [2.45, 2.75) is 46.3 Å². The number of carbonyl (C=O) groups excluding carboxylic acids is 1. The molecule has 130 valence electrons. The Morgan fingerprint density at radius 1 is 1.09 bits per heavy atom. The van der Waals surface area contributed by atoms with E-state index in [0.29, 0.717) is 32.7 Å². The number of benzene rings is 1. The van der Waals surface area contributed by atoms with Crippen LogP contribution in [-0.4, -0.2) is 31.2 Å². The Kier molecular flexibility index (Phi) is 7.19. The van der Waals surface area contributed by atoms with Crippen LogP contribution in [0.3, 0.4) is 0 Å². The molecule has 0 saturated carbocycles. The van der Waals surface area contributed by atoms with Gasteiger partial charge in [0.05, 0.1) is 18.6 Å². The van der Waals surface area contributed by atoms with Crippen LogP contribution in [0.15, 0.2) is 24.3 Å². The molecule has 0 aliphatic heterocycles. The molecule has 23 heavy (non-hydrogen) atoms. The van der Waals surface area contributed by atoms with Crippen molar-refractivity contribution in [3.8, 4) is 0 Å². The van der Waals surface area contributed by atoms with Crippen molar-refractivity contribution < 1.29 is 9.53 Å². The third kappa shape index (κ3) is 7.59. The maximum absolute atomic E-state index is 12.1. The summed E-state index contributed by atoms with van der Waals surface area (Å²) in [6.07, 6.45) is 0.371. The van der Waals surface area contributed by atoms with Gasteiger partial charge in [-0.2, -0.15) is 0 Å². The molecule has 1 aromatic rings. The largest absolute Gasteiger partial charge is 0.374 e. The van der Waals surface area contributed by atoms with Gasteiger partial charge in [-0.1, -0.05) is 38.1 Å². The van der Waals surface area contributed by atoms with Gasteiger partial charge in [-0.05, 0) is 25.0 Å². The van der Waals surface area contributed by atoms with Gasteiger partial charge in [0.1, 0.15) is 0 Å². The van der Waals surface area contributed by atoms with Crippen molar-refractivity contribution in [1.82, 2.24) is 5.32 Å². The predicted octanol–water partition coefficient (Wildman–Crippen LogP) is 1.58. The summed E-state index contributed by atoms with van der Waals surface area (Å²) in [5.41, 5.74) is 12.8. The number of rotatable bonds is 9. The summed E-state index contributed by atoms with van der Waals surface area (Å²) in [4.78, 5) is 12.1. The number of nitrogens with two attached hydrogens (primary N) is 2. The zero-order valence-electron chi connectivity index (χ0n) is 14.8. The molecule has 5 N–H and O–H groups in total. The van der Waals surface area contributed by atoms with Crippen LogP contribution in [0.25, 0.3) is 0 Å². The summed E-state index contributed by atoms with van der Waals surface area (Å²) < 4.78 is 5.83. The van der Waals surface area contributed by atoms with Gasteiger partial charge in [-0.15, -0.1) is 0 Å². The van der Waals surface area contributed by atoms with Crippen molar-refractivity contribution in [3.63, 3.8) is 0 Å². The average Bonchev–Trinajstić information content (AvgIpc) is 2.52. The van der Waals surface area contributed by atoms with Crippen molar-refractivity contribution in [2.75, 3.05) is 19.7 Å². The van der Waals surface area contributed by atoms with E-state index in [0.717, 1.165) is 11.1 Å². The summed E-state index contributed by atoms with van der Waals surface area (Å²) in [6.45, 7) is 10.1. The quantitative estimate of drug-likeness (QED) is 0.644. The molecule has 0 radical (unpaired) electrons. The molecule has 0 bridgehead atoms. The zero-order valence-corrected chi connectivity index (χ0v) is 14.8. The fourth-order valence-electron chi connectivity index (χ4n) is 1.88. The molecule has 0 aromatic heterocycles. The highest BCUT2D eigenvalue weighted by Gasteiger charge is 2.24. The van der Waals surface area contributed by atoms with Gasteiger partial charge < -0.3 is 21.5 Å². The molecular formula is C18H31N3O2. The van der Waals surface area contributed by atoms with Gasteiger partial charge in [-0.3, -0.25) is 4.79 Å². The zero-order chi connectivity index (χ0) is 17.5. The minimum Gasteiger partial charge on any atom is -0.374 e. The first-order valence-corrected chi connectivity index (χ1v) is 8.06. The molecule has 0 saturated heterocycles. The molecule has 0 atom stereocenters. The first kappa shape index (κ1) is 19.6. The van der Waals surface area contributed by atoms with Crippen LogP contribution in [0.2, 0.25) is 0 Å². The van der Waals surface area contributed by atoms with E-state index in [4.69, 9.17) is 16.2 Å². The minimum absolute atomic E-state index is 0.0108. The second-order valence-corrected chi connectivity index (χ2v) is 7.39. The molecule has 0 unspecified atom stereocenters. The molecule has 1 rings (SSSR count). The fraction of sp³-hybridized carbons (Fsp3) is 0.611. The van der Waals surface area contributed by atoms with E-state index >= 15 is 0 Å². The summed E-state index contributed by atoms with van der Waals surface area (Å²) in [7, 11) is 0. The van der Waals surface area contributed by atoms with E-state index in [1.165, 1.54) is 0 Å². The SMILES string of the molecule is CC(C)(CNC(=O)Cc1ccc(CN)cc1)COC(C)(C)CN. The third-order valence-corrected chi connectivity index (χ3v) is 3.73. The Morgan fingerprint density at radius 2 is 1.65 bits per heavy atom. The highest BCUT2D eigenvalue weighted by atomic mass is 16.5. The van der Waals surface area contributed by atoms with E-state index in [2.05, 4.69) is 19.2 Å². The van der Waals surface area contributed by atoms with Crippen molar-refractivity contribution >= 4 is 5.91 Å². The fourth-order valence-corrected chi connectivity index (χ4v) is 1.88. The van der Waals surface area contributed by atoms with E-state index in [9.17, 15) is 4.79 Å². The van der Waals surface area contributed by atoms with Crippen LogP contribution >= 0.6 is 0 Å². The molecular weight excluding hydrogens is 290 g/mol. The second-order valence-electron chi connectivity index (χ2n) is 7.39. The van der Waals surface area contributed by atoms with Crippen LogP contribution in [0.1, 0.15) is 38.8 Å². The van der Waals surface area contributed by atoms with E-state index in [-0.39, 0.29) is 16.9 Å². The van der Waals surface area contributed by atoms with Gasteiger partial charge in [0, 0.05) is 25.0 Å². The number of hydrogen-bond donors (Lipinski definition) is 3. The molecule has 0 heterocycles. The lowest BCUT2D eigenvalue weighted by molar-refractivity contribution is -0.121. The van der Waals surface area contributed by atoms with Crippen LogP contribution in [0.4, 0.5) is 0 Å². The Morgan fingerprint density at radius 3 is 2.17 bits per heavy atom. The molecule has 0 aliphatic rings. The highest BCUT2D eigenvalue weighted by Crippen LogP contribution is 2.18. The van der Waals surface area contributed by atoms with Crippen LogP contribution in [-0.2, 0) is 22.5 Å². The first-order chi connectivity index (χ1) is 10.7. The van der Waals surface area contributed by atoms with Crippen LogP contribution in [0, 0.1) is 5.41 Å². The number of amides is 1. The van der Waals surface area contributed by atoms with Gasteiger partial charge in [0.2, 0.25) is 5.91 Å². The first-order valence-electron chi connectivity index (χ1n) is 8.06. The van der Waals surface area contributed by atoms with Crippen molar-refractivity contribution in [2.24, 2.45) is 16.9 Å². The maximum atomic E-state index is 12.1. The molecule has 5 nitrogen and oxygen atoms in total. The highest BCUT2D eigenvalue weighted by molar-refractivity contribution is 5.78. The smallest absolute Gasteiger partial charge is 0.224 e. The molecule has 0 spiro atoms. The van der Waals surface area contributed by atoms with Gasteiger partial charge in [0.15, 0.2) is 0 Å². The maximum Gasteiger partial charge on any atom is 0.224 e. The van der Waals surface area contributed by atoms with Gasteiger partial charge in [0.25, 0.3) is 0 Å². The van der Waals surface area contributed by atoms with E-state index in [1.807, 2.05) is 38.1 Å². The number of ether oxygens (including phenoxy) is 1. The second kappa shape index (κ2) is 8.43. The predicted molar refractivity (Wildman–Crippen MR) is 93.9 cm³/mol. The van der Waals surface area contributed by atoms with Crippen LogP contribution < -0.4 is 16.8 Å². The number of carbonyl (C=O) groups is 1. The standard InChI is InChI=1S/C18H31N3O2/c1-17(2,13-23-18(3,4)11-20)12-21-16(22)9-14-5-7-15(10-19)8-6-14/h5-8H,9-13,19-20H2,1-4H3,(H,21,22). The van der Waals surface area contributed by atoms with Gasteiger partial charge >= 0.3 is 0 Å². The van der Waals surface area contributed by atoms with E-state index in [1.54, 1.807) is 0 Å². The minimum atomic E-state index is -0.341. The van der Waals surface area contributed by atoms with Crippen molar-refractivity contribution in [1.29, 1.82) is 0 Å². The lowest BCUT2D eigenvalue weighted by atomic mass is 9.94. The Hall–Kier alpha value is -1.43.